The van der Waals surface area contributed by atoms with Gasteiger partial charge in [-0.3, -0.25) is 5.10 Å². The quantitative estimate of drug-likeness (QED) is 0.668. The fourth-order valence-corrected chi connectivity index (χ4v) is 1.50. The number of hydrogen-bond donors (Lipinski definition) is 3. The Labute approximate surface area is 93.0 Å². The van der Waals surface area contributed by atoms with Crippen LogP contribution < -0.4 is 0 Å². The first-order valence-electron chi connectivity index (χ1n) is 4.08. The van der Waals surface area contributed by atoms with Crippen molar-refractivity contribution >= 4 is 29.8 Å². The number of fused-ring (bicyclic) bond motifs is 1. The van der Waals surface area contributed by atoms with Crippen LogP contribution >= 0.6 is 12.2 Å². The molecule has 2 rings (SSSR count). The van der Waals surface area contributed by atoms with E-state index >= 15 is 0 Å². The standard InChI is InChI=1S/C8H5N3O4S/c12-7(13)3-2-9-11-5(16)1-4(8(14)15)10-6(3)11/h1-2,9H,(H,12,13)(H,14,15). The predicted molar refractivity (Wildman–Crippen MR) is 54.3 cm³/mol. The van der Waals surface area contributed by atoms with Gasteiger partial charge in [0, 0.05) is 12.3 Å². The van der Waals surface area contributed by atoms with Crippen molar-refractivity contribution in [1.82, 2.24) is 14.6 Å². The van der Waals surface area contributed by atoms with Crippen LogP contribution in [0.1, 0.15) is 20.8 Å². The Morgan fingerprint density at radius 1 is 1.38 bits per heavy atom. The van der Waals surface area contributed by atoms with Crippen LogP contribution in [0.2, 0.25) is 0 Å². The normalized spacial score (nSPS) is 10.5. The molecule has 0 saturated heterocycles. The zero-order valence-electron chi connectivity index (χ0n) is 7.67. The molecule has 0 spiro atoms. The number of aromatic nitrogens is 3. The van der Waals surface area contributed by atoms with Gasteiger partial charge in [-0.05, 0) is 0 Å². The minimum Gasteiger partial charge on any atom is -0.477 e. The van der Waals surface area contributed by atoms with E-state index in [1.54, 1.807) is 0 Å². The van der Waals surface area contributed by atoms with Crippen LogP contribution in [-0.4, -0.2) is 36.7 Å². The molecular weight excluding hydrogens is 234 g/mol. The second-order valence-electron chi connectivity index (χ2n) is 2.94. The summed E-state index contributed by atoms with van der Waals surface area (Å²) in [7, 11) is 0. The summed E-state index contributed by atoms with van der Waals surface area (Å²) in [6.45, 7) is 0. The second-order valence-corrected chi connectivity index (χ2v) is 3.35. The zero-order valence-corrected chi connectivity index (χ0v) is 8.48. The van der Waals surface area contributed by atoms with E-state index in [0.29, 0.717) is 0 Å². The number of aromatic amines is 1. The smallest absolute Gasteiger partial charge is 0.354 e. The lowest BCUT2D eigenvalue weighted by Crippen LogP contribution is -2.05. The van der Waals surface area contributed by atoms with Crippen molar-refractivity contribution in [2.45, 2.75) is 0 Å². The number of carboxylic acids is 2. The lowest BCUT2D eigenvalue weighted by molar-refractivity contribution is 0.0680. The molecule has 0 amide bonds. The molecule has 16 heavy (non-hydrogen) atoms. The molecule has 0 aromatic carbocycles. The van der Waals surface area contributed by atoms with Crippen molar-refractivity contribution in [3.05, 3.63) is 28.2 Å². The van der Waals surface area contributed by atoms with Crippen LogP contribution in [0.3, 0.4) is 0 Å². The number of carbonyl (C=O) groups is 2. The summed E-state index contributed by atoms with van der Waals surface area (Å²) < 4.78 is 1.38. The van der Waals surface area contributed by atoms with Crippen LogP contribution in [0.4, 0.5) is 0 Å². The van der Waals surface area contributed by atoms with Crippen molar-refractivity contribution in [3.8, 4) is 0 Å². The number of aromatic carboxylic acids is 2. The van der Waals surface area contributed by atoms with E-state index in [0.717, 1.165) is 0 Å². The lowest BCUT2D eigenvalue weighted by Gasteiger charge is -1.97. The molecule has 0 fully saturated rings. The van der Waals surface area contributed by atoms with Crippen LogP contribution in [0.15, 0.2) is 12.3 Å². The first kappa shape index (κ1) is 10.3. The molecule has 3 N–H and O–H groups in total. The lowest BCUT2D eigenvalue weighted by atomic mass is 10.3. The Kier molecular flexibility index (Phi) is 2.20. The summed E-state index contributed by atoms with van der Waals surface area (Å²) in [6, 6.07) is 1.17. The van der Waals surface area contributed by atoms with Crippen molar-refractivity contribution in [3.63, 3.8) is 0 Å². The SMILES string of the molecule is O=C(O)c1cc(=S)n2[nH]cc(C(=O)O)c2n1. The molecule has 7 nitrogen and oxygen atoms in total. The molecule has 0 aliphatic rings. The summed E-state index contributed by atoms with van der Waals surface area (Å²) in [6.07, 6.45) is 1.20. The third-order valence-corrected chi connectivity index (χ3v) is 2.25. The summed E-state index contributed by atoms with van der Waals surface area (Å²) in [5.74, 6) is -2.46. The van der Waals surface area contributed by atoms with Gasteiger partial charge in [0.15, 0.2) is 11.3 Å². The summed E-state index contributed by atoms with van der Waals surface area (Å²) in [4.78, 5) is 25.2. The Bertz CT molecular complexity index is 657. The molecule has 0 aliphatic carbocycles. The molecule has 2 aromatic heterocycles. The first-order chi connectivity index (χ1) is 7.50. The van der Waals surface area contributed by atoms with Crippen molar-refractivity contribution in [2.24, 2.45) is 0 Å². The highest BCUT2D eigenvalue weighted by atomic mass is 32.1. The fourth-order valence-electron chi connectivity index (χ4n) is 1.25. The van der Waals surface area contributed by atoms with Crippen molar-refractivity contribution in [2.75, 3.05) is 0 Å². The van der Waals surface area contributed by atoms with E-state index in [1.165, 1.54) is 16.8 Å². The third-order valence-electron chi connectivity index (χ3n) is 1.95. The number of carboxylic acid groups (broad SMARTS) is 2. The van der Waals surface area contributed by atoms with E-state index in [2.05, 4.69) is 10.1 Å². The Balaban J connectivity index is 2.87. The van der Waals surface area contributed by atoms with E-state index in [9.17, 15) is 9.59 Å². The minimum atomic E-state index is -1.26. The summed E-state index contributed by atoms with van der Waals surface area (Å²) >= 11 is 4.90. The highest BCUT2D eigenvalue weighted by molar-refractivity contribution is 7.71. The van der Waals surface area contributed by atoms with Crippen LogP contribution in [0.25, 0.3) is 5.65 Å². The molecule has 0 atom stereocenters. The number of nitrogens with one attached hydrogen (secondary N) is 1. The van der Waals surface area contributed by atoms with E-state index in [4.69, 9.17) is 22.4 Å². The Morgan fingerprint density at radius 3 is 2.62 bits per heavy atom. The van der Waals surface area contributed by atoms with Crippen LogP contribution in [0, 0.1) is 4.64 Å². The molecule has 0 aliphatic heterocycles. The third kappa shape index (κ3) is 1.44. The zero-order chi connectivity index (χ0) is 11.9. The second kappa shape index (κ2) is 3.42. The van der Waals surface area contributed by atoms with Gasteiger partial charge in [-0.2, -0.15) is 0 Å². The van der Waals surface area contributed by atoms with Gasteiger partial charge in [-0.15, -0.1) is 0 Å². The monoisotopic (exact) mass is 239 g/mol. The summed E-state index contributed by atoms with van der Waals surface area (Å²) in [5, 5.41) is 20.2. The van der Waals surface area contributed by atoms with Crippen LogP contribution in [-0.2, 0) is 0 Å². The van der Waals surface area contributed by atoms with Crippen molar-refractivity contribution < 1.29 is 19.8 Å². The molecule has 8 heteroatoms. The highest BCUT2D eigenvalue weighted by Crippen LogP contribution is 2.10. The molecule has 0 unspecified atom stereocenters. The van der Waals surface area contributed by atoms with Gasteiger partial charge < -0.3 is 10.2 Å². The van der Waals surface area contributed by atoms with Gasteiger partial charge in [0.1, 0.15) is 10.2 Å². The molecule has 2 heterocycles. The molecular formula is C8H5N3O4S. The Morgan fingerprint density at radius 2 is 2.06 bits per heavy atom. The number of hydrogen-bond acceptors (Lipinski definition) is 4. The average Bonchev–Trinajstić information content (AvgIpc) is 2.61. The average molecular weight is 239 g/mol. The largest absolute Gasteiger partial charge is 0.477 e. The van der Waals surface area contributed by atoms with Gasteiger partial charge in [0.25, 0.3) is 0 Å². The minimum absolute atomic E-state index is 0.0163. The maximum atomic E-state index is 10.8. The van der Waals surface area contributed by atoms with Gasteiger partial charge in [0.2, 0.25) is 0 Å². The molecule has 82 valence electrons. The maximum absolute atomic E-state index is 10.8. The molecule has 2 aromatic rings. The number of nitrogens with zero attached hydrogens (tertiary/aromatic N) is 2. The maximum Gasteiger partial charge on any atom is 0.354 e. The topological polar surface area (TPSA) is 108 Å². The number of rotatable bonds is 2. The summed E-state index contributed by atoms with van der Waals surface area (Å²) in [5.41, 5.74) is -0.432. The molecule has 0 saturated carbocycles. The van der Waals surface area contributed by atoms with Crippen molar-refractivity contribution in [1.29, 1.82) is 0 Å². The number of H-pyrrole nitrogens is 1. The van der Waals surface area contributed by atoms with Gasteiger partial charge in [-0.1, -0.05) is 12.2 Å². The van der Waals surface area contributed by atoms with E-state index < -0.39 is 11.9 Å². The van der Waals surface area contributed by atoms with Gasteiger partial charge >= 0.3 is 11.9 Å². The predicted octanol–water partition coefficient (Wildman–Crippen LogP) is 0.788. The van der Waals surface area contributed by atoms with E-state index in [-0.39, 0.29) is 21.5 Å². The van der Waals surface area contributed by atoms with Gasteiger partial charge in [0.05, 0.1) is 0 Å². The van der Waals surface area contributed by atoms with Gasteiger partial charge in [-0.25, -0.2) is 19.1 Å². The first-order valence-corrected chi connectivity index (χ1v) is 4.49. The Hall–Kier alpha value is -2.22. The highest BCUT2D eigenvalue weighted by Gasteiger charge is 2.15. The molecule has 0 bridgehead atoms. The fraction of sp³-hybridized carbons (Fsp3) is 0. The van der Waals surface area contributed by atoms with Crippen LogP contribution in [0.5, 0.6) is 0 Å². The van der Waals surface area contributed by atoms with E-state index in [1.807, 2.05) is 0 Å². The molecule has 0 radical (unpaired) electrons.